The van der Waals surface area contributed by atoms with Crippen molar-refractivity contribution < 1.29 is 4.79 Å². The highest BCUT2D eigenvalue weighted by Gasteiger charge is 2.45. The van der Waals surface area contributed by atoms with E-state index >= 15 is 0 Å². The summed E-state index contributed by atoms with van der Waals surface area (Å²) in [5, 5.41) is 12.3. The summed E-state index contributed by atoms with van der Waals surface area (Å²) in [4.78, 5) is 23.4. The zero-order chi connectivity index (χ0) is 16.6. The molecule has 24 heavy (non-hydrogen) atoms. The number of nitriles is 1. The maximum Gasteiger partial charge on any atom is 0.241 e. The predicted molar refractivity (Wildman–Crippen MR) is 91.4 cm³/mol. The molecule has 1 unspecified atom stereocenters. The maximum atomic E-state index is 12.5. The molecule has 1 atom stereocenters. The Morgan fingerprint density at radius 1 is 1.42 bits per heavy atom. The van der Waals surface area contributed by atoms with Crippen molar-refractivity contribution in [3.63, 3.8) is 0 Å². The predicted octanol–water partition coefficient (Wildman–Crippen LogP) is 1.12. The van der Waals surface area contributed by atoms with Gasteiger partial charge in [-0.1, -0.05) is 12.2 Å². The Bertz CT molecular complexity index is 821. The van der Waals surface area contributed by atoms with Gasteiger partial charge in [-0.25, -0.2) is 0 Å². The molecule has 0 radical (unpaired) electrons. The van der Waals surface area contributed by atoms with E-state index in [0.717, 1.165) is 29.9 Å². The molecule has 0 aromatic heterocycles. The van der Waals surface area contributed by atoms with Gasteiger partial charge in [-0.05, 0) is 12.5 Å². The Balaban J connectivity index is 1.96. The zero-order valence-electron chi connectivity index (χ0n) is 13.2. The third kappa shape index (κ3) is 2.09. The van der Waals surface area contributed by atoms with Gasteiger partial charge in [-0.2, -0.15) is 5.26 Å². The van der Waals surface area contributed by atoms with Crippen molar-refractivity contribution in [2.75, 3.05) is 26.2 Å². The Labute approximate surface area is 140 Å². The molecule has 0 bridgehead atoms. The fourth-order valence-electron chi connectivity index (χ4n) is 3.72. The van der Waals surface area contributed by atoms with Crippen LogP contribution in [-0.4, -0.2) is 49.4 Å². The normalized spacial score (nSPS) is 30.1. The van der Waals surface area contributed by atoms with E-state index in [1.54, 1.807) is 11.1 Å². The molecule has 0 aromatic carbocycles. The molecular formula is C18H17N5O. The summed E-state index contributed by atoms with van der Waals surface area (Å²) in [5.41, 5.74) is 3.07. The molecule has 0 saturated carbocycles. The average molecular weight is 319 g/mol. The van der Waals surface area contributed by atoms with Crippen LogP contribution in [0.3, 0.4) is 0 Å². The quantitative estimate of drug-likeness (QED) is 0.736. The molecule has 1 saturated heterocycles. The molecule has 0 aromatic rings. The number of allylic oxidation sites excluding steroid dienone is 5. The molecule has 1 N–H and O–H groups in total. The van der Waals surface area contributed by atoms with Crippen LogP contribution in [0, 0.1) is 16.7 Å². The van der Waals surface area contributed by atoms with E-state index in [-0.39, 0.29) is 11.3 Å². The van der Waals surface area contributed by atoms with Gasteiger partial charge in [0.25, 0.3) is 0 Å². The summed E-state index contributed by atoms with van der Waals surface area (Å²) in [7, 11) is 0. The summed E-state index contributed by atoms with van der Waals surface area (Å²) in [6, 6.07) is 2.09. The molecule has 120 valence electrons. The van der Waals surface area contributed by atoms with Gasteiger partial charge in [0.2, 0.25) is 5.91 Å². The van der Waals surface area contributed by atoms with Gasteiger partial charge in [0, 0.05) is 42.7 Å². The molecule has 1 amide bonds. The van der Waals surface area contributed by atoms with Crippen LogP contribution in [0.2, 0.25) is 0 Å². The molecule has 3 heterocycles. The standard InChI is InChI=1S/C18H17N5O/c19-6-4-13-9-22-15-3-1-2-5-18(15)12-21-10-14(18)17(13)23-8-7-20-11-16(23)24/h1-4,9-10,20H,5,7-8,11-12H2. The minimum absolute atomic E-state index is 0.00946. The SMILES string of the molecule is N#CC=C1C=NC2=CC=CCC23CN=CC3=C1N1CCNCC1=O. The fourth-order valence-corrected chi connectivity index (χ4v) is 3.72. The van der Waals surface area contributed by atoms with Crippen molar-refractivity contribution in [2.24, 2.45) is 15.4 Å². The van der Waals surface area contributed by atoms with E-state index in [1.807, 2.05) is 18.4 Å². The maximum absolute atomic E-state index is 12.5. The number of amides is 1. The van der Waals surface area contributed by atoms with Gasteiger partial charge in [-0.15, -0.1) is 0 Å². The van der Waals surface area contributed by atoms with Crippen molar-refractivity contribution in [1.82, 2.24) is 10.2 Å². The van der Waals surface area contributed by atoms with E-state index in [0.29, 0.717) is 25.2 Å². The van der Waals surface area contributed by atoms with E-state index in [1.165, 1.54) is 6.08 Å². The van der Waals surface area contributed by atoms with Crippen molar-refractivity contribution >= 4 is 18.3 Å². The van der Waals surface area contributed by atoms with Crippen molar-refractivity contribution in [2.45, 2.75) is 6.42 Å². The lowest BCUT2D eigenvalue weighted by Gasteiger charge is -2.35. The van der Waals surface area contributed by atoms with E-state index < -0.39 is 0 Å². The first-order chi connectivity index (χ1) is 11.8. The highest BCUT2D eigenvalue weighted by Crippen LogP contribution is 2.48. The summed E-state index contributed by atoms with van der Waals surface area (Å²) in [5.74, 6) is 0.00946. The van der Waals surface area contributed by atoms with E-state index in [9.17, 15) is 10.1 Å². The Morgan fingerprint density at radius 3 is 3.17 bits per heavy atom. The van der Waals surface area contributed by atoms with Crippen LogP contribution < -0.4 is 5.32 Å². The highest BCUT2D eigenvalue weighted by molar-refractivity contribution is 5.98. The van der Waals surface area contributed by atoms with E-state index in [2.05, 4.69) is 27.4 Å². The Hall–Kier alpha value is -2.78. The van der Waals surface area contributed by atoms with Crippen molar-refractivity contribution in [1.29, 1.82) is 5.26 Å². The van der Waals surface area contributed by atoms with Crippen LogP contribution in [0.4, 0.5) is 0 Å². The number of aliphatic imine (C=N–C) groups is 2. The molecule has 6 heteroatoms. The lowest BCUT2D eigenvalue weighted by Crippen LogP contribution is -2.48. The molecule has 1 aliphatic carbocycles. The lowest BCUT2D eigenvalue weighted by atomic mass is 9.73. The number of carbonyl (C=O) groups excluding carboxylic acids is 1. The topological polar surface area (TPSA) is 80.8 Å². The molecule has 6 nitrogen and oxygen atoms in total. The third-order valence-corrected chi connectivity index (χ3v) is 4.89. The summed E-state index contributed by atoms with van der Waals surface area (Å²) >= 11 is 0. The summed E-state index contributed by atoms with van der Waals surface area (Å²) in [6.45, 7) is 2.24. The van der Waals surface area contributed by atoms with Gasteiger partial charge in [0.15, 0.2) is 0 Å². The first-order valence-corrected chi connectivity index (χ1v) is 8.03. The molecule has 1 fully saturated rings. The van der Waals surface area contributed by atoms with Crippen LogP contribution in [0.5, 0.6) is 0 Å². The molecule has 1 spiro atoms. The largest absolute Gasteiger partial charge is 0.309 e. The number of nitrogens with zero attached hydrogens (tertiary/aromatic N) is 4. The van der Waals surface area contributed by atoms with Crippen molar-refractivity contribution in [3.8, 4) is 6.07 Å². The third-order valence-electron chi connectivity index (χ3n) is 4.89. The number of rotatable bonds is 1. The smallest absolute Gasteiger partial charge is 0.241 e. The number of carbonyl (C=O) groups is 1. The monoisotopic (exact) mass is 319 g/mol. The second-order valence-electron chi connectivity index (χ2n) is 6.21. The molecule has 3 aliphatic heterocycles. The van der Waals surface area contributed by atoms with Crippen LogP contribution in [0.15, 0.2) is 56.8 Å². The highest BCUT2D eigenvalue weighted by atomic mass is 16.2. The van der Waals surface area contributed by atoms with Gasteiger partial charge in [0.05, 0.1) is 36.0 Å². The summed E-state index contributed by atoms with van der Waals surface area (Å²) in [6.07, 6.45) is 12.0. The van der Waals surface area contributed by atoms with Gasteiger partial charge in [-0.3, -0.25) is 14.8 Å². The van der Waals surface area contributed by atoms with Crippen LogP contribution >= 0.6 is 0 Å². The first-order valence-electron chi connectivity index (χ1n) is 8.03. The fraction of sp³-hybridized carbons (Fsp3) is 0.333. The summed E-state index contributed by atoms with van der Waals surface area (Å²) < 4.78 is 0. The number of hydrogen-bond acceptors (Lipinski definition) is 5. The number of hydrogen-bond donors (Lipinski definition) is 1. The van der Waals surface area contributed by atoms with Gasteiger partial charge < -0.3 is 10.2 Å². The van der Waals surface area contributed by atoms with Crippen molar-refractivity contribution in [3.05, 3.63) is 46.8 Å². The van der Waals surface area contributed by atoms with E-state index in [4.69, 9.17) is 0 Å². The lowest BCUT2D eigenvalue weighted by molar-refractivity contribution is -0.129. The second-order valence-corrected chi connectivity index (χ2v) is 6.21. The minimum atomic E-state index is -0.323. The van der Waals surface area contributed by atoms with Crippen LogP contribution in [-0.2, 0) is 4.79 Å². The van der Waals surface area contributed by atoms with Gasteiger partial charge >= 0.3 is 0 Å². The Kier molecular flexibility index (Phi) is 3.51. The Morgan fingerprint density at radius 2 is 2.33 bits per heavy atom. The molecule has 4 aliphatic rings. The molecular weight excluding hydrogens is 302 g/mol. The first kappa shape index (κ1) is 14.8. The number of piperazine rings is 1. The van der Waals surface area contributed by atoms with Gasteiger partial charge in [0.1, 0.15) is 0 Å². The number of nitrogens with one attached hydrogen (secondary N) is 1. The minimum Gasteiger partial charge on any atom is -0.309 e. The zero-order valence-corrected chi connectivity index (χ0v) is 13.2. The molecule has 4 rings (SSSR count). The average Bonchev–Trinajstić information content (AvgIpc) is 2.94. The second kappa shape index (κ2) is 5.69. The van der Waals surface area contributed by atoms with Crippen LogP contribution in [0.25, 0.3) is 0 Å². The van der Waals surface area contributed by atoms with Crippen LogP contribution in [0.1, 0.15) is 6.42 Å².